The van der Waals surface area contributed by atoms with Gasteiger partial charge in [0.05, 0.1) is 6.61 Å². The number of rotatable bonds is 6. The van der Waals surface area contributed by atoms with Gasteiger partial charge in [0.25, 0.3) is 0 Å². The van der Waals surface area contributed by atoms with Crippen LogP contribution in [0.15, 0.2) is 0 Å². The van der Waals surface area contributed by atoms with E-state index < -0.39 is 0 Å². The molecule has 0 saturated carbocycles. The van der Waals surface area contributed by atoms with Gasteiger partial charge in [-0.2, -0.15) is 0 Å². The molecule has 1 fully saturated rings. The highest BCUT2D eigenvalue weighted by Gasteiger charge is 2.19. The fraction of sp³-hybridized carbons (Fsp3) is 1.00. The van der Waals surface area contributed by atoms with Crippen molar-refractivity contribution in [2.45, 2.75) is 26.7 Å². The van der Waals surface area contributed by atoms with E-state index >= 15 is 0 Å². The predicted molar refractivity (Wildman–Crippen MR) is 68.4 cm³/mol. The van der Waals surface area contributed by atoms with Gasteiger partial charge in [-0.05, 0) is 44.2 Å². The summed E-state index contributed by atoms with van der Waals surface area (Å²) >= 11 is 0. The van der Waals surface area contributed by atoms with Crippen molar-refractivity contribution in [3.63, 3.8) is 0 Å². The maximum atomic E-state index is 5.80. The first-order valence-corrected chi connectivity index (χ1v) is 6.59. The molecule has 3 heteroatoms. The lowest BCUT2D eigenvalue weighted by Gasteiger charge is -2.30. The van der Waals surface area contributed by atoms with Crippen LogP contribution >= 0.6 is 0 Å². The molecule has 0 aromatic rings. The van der Waals surface area contributed by atoms with E-state index in [4.69, 9.17) is 10.5 Å². The number of ether oxygens (including phenoxy) is 1. The minimum absolute atomic E-state index is 0.620. The van der Waals surface area contributed by atoms with Crippen LogP contribution in [-0.2, 0) is 4.74 Å². The second-order valence-electron chi connectivity index (χ2n) is 5.54. The van der Waals surface area contributed by atoms with Crippen molar-refractivity contribution in [2.75, 3.05) is 39.9 Å². The molecule has 0 aliphatic carbocycles. The van der Waals surface area contributed by atoms with Gasteiger partial charge in [0.1, 0.15) is 0 Å². The van der Waals surface area contributed by atoms with E-state index in [2.05, 4.69) is 25.8 Å². The number of hydrogen-bond donors (Lipinski definition) is 1. The molecule has 1 aliphatic rings. The lowest BCUT2D eigenvalue weighted by molar-refractivity contribution is 0.0394. The van der Waals surface area contributed by atoms with Gasteiger partial charge < -0.3 is 15.4 Å². The highest BCUT2D eigenvalue weighted by molar-refractivity contribution is 4.71. The van der Waals surface area contributed by atoms with Crippen molar-refractivity contribution < 1.29 is 4.74 Å². The average Bonchev–Trinajstić information content (AvgIpc) is 2.27. The minimum atomic E-state index is 0.620. The van der Waals surface area contributed by atoms with Crippen LogP contribution in [0.1, 0.15) is 26.7 Å². The summed E-state index contributed by atoms with van der Waals surface area (Å²) in [6, 6.07) is 0. The first kappa shape index (κ1) is 13.9. The molecule has 1 saturated heterocycles. The third-order valence-electron chi connectivity index (χ3n) is 3.62. The molecule has 2 unspecified atom stereocenters. The Morgan fingerprint density at radius 1 is 1.44 bits per heavy atom. The second kappa shape index (κ2) is 7.25. The van der Waals surface area contributed by atoms with Crippen LogP contribution in [0.3, 0.4) is 0 Å². The summed E-state index contributed by atoms with van der Waals surface area (Å²) in [6.07, 6.45) is 2.54. The summed E-state index contributed by atoms with van der Waals surface area (Å²) in [4.78, 5) is 2.43. The van der Waals surface area contributed by atoms with E-state index in [-0.39, 0.29) is 0 Å². The maximum absolute atomic E-state index is 5.80. The Morgan fingerprint density at radius 3 is 2.69 bits per heavy atom. The molecule has 2 atom stereocenters. The van der Waals surface area contributed by atoms with E-state index in [0.717, 1.165) is 38.8 Å². The number of nitrogens with two attached hydrogens (primary N) is 1. The summed E-state index contributed by atoms with van der Waals surface area (Å²) in [5, 5.41) is 0. The maximum Gasteiger partial charge on any atom is 0.0506 e. The average molecular weight is 228 g/mol. The lowest BCUT2D eigenvalue weighted by atomic mass is 9.94. The Morgan fingerprint density at radius 2 is 2.19 bits per heavy atom. The van der Waals surface area contributed by atoms with Crippen molar-refractivity contribution >= 4 is 0 Å². The second-order valence-corrected chi connectivity index (χ2v) is 5.54. The molecule has 3 nitrogen and oxygen atoms in total. The van der Waals surface area contributed by atoms with Crippen LogP contribution in [0.2, 0.25) is 0 Å². The molecule has 0 spiro atoms. The van der Waals surface area contributed by atoms with Crippen LogP contribution in [0, 0.1) is 17.8 Å². The molecular formula is C13H28N2O. The van der Waals surface area contributed by atoms with Crippen molar-refractivity contribution in [2.24, 2.45) is 23.5 Å². The molecule has 16 heavy (non-hydrogen) atoms. The molecule has 0 bridgehead atoms. The molecule has 2 N–H and O–H groups in total. The molecule has 0 aromatic heterocycles. The Balaban J connectivity index is 2.25. The van der Waals surface area contributed by atoms with Gasteiger partial charge in [0.15, 0.2) is 0 Å². The fourth-order valence-electron chi connectivity index (χ4n) is 2.42. The zero-order chi connectivity index (χ0) is 12.0. The molecule has 0 amide bonds. The largest absolute Gasteiger partial charge is 0.381 e. The topological polar surface area (TPSA) is 38.5 Å². The van der Waals surface area contributed by atoms with Crippen molar-refractivity contribution in [1.82, 2.24) is 4.90 Å². The SMILES string of the molecule is CC(C)C(CN)CN(C)CC1CCCOC1. The molecule has 1 heterocycles. The summed E-state index contributed by atoms with van der Waals surface area (Å²) in [5.41, 5.74) is 5.80. The van der Waals surface area contributed by atoms with Crippen LogP contribution in [0.4, 0.5) is 0 Å². The predicted octanol–water partition coefficient (Wildman–Crippen LogP) is 1.58. The van der Waals surface area contributed by atoms with E-state index in [1.165, 1.54) is 12.8 Å². The van der Waals surface area contributed by atoms with Gasteiger partial charge >= 0.3 is 0 Å². The molecule has 1 aliphatic heterocycles. The fourth-order valence-corrected chi connectivity index (χ4v) is 2.42. The summed E-state index contributed by atoms with van der Waals surface area (Å²) in [5.74, 6) is 2.02. The van der Waals surface area contributed by atoms with Crippen LogP contribution in [0.25, 0.3) is 0 Å². The molecule has 0 radical (unpaired) electrons. The van der Waals surface area contributed by atoms with Gasteiger partial charge in [-0.15, -0.1) is 0 Å². The molecular weight excluding hydrogens is 200 g/mol. The minimum Gasteiger partial charge on any atom is -0.381 e. The molecule has 0 aromatic carbocycles. The van der Waals surface area contributed by atoms with Gasteiger partial charge in [-0.3, -0.25) is 0 Å². The van der Waals surface area contributed by atoms with Gasteiger partial charge in [-0.25, -0.2) is 0 Å². The zero-order valence-corrected chi connectivity index (χ0v) is 11.1. The van der Waals surface area contributed by atoms with E-state index in [9.17, 15) is 0 Å². The monoisotopic (exact) mass is 228 g/mol. The van der Waals surface area contributed by atoms with Gasteiger partial charge in [0, 0.05) is 19.7 Å². The van der Waals surface area contributed by atoms with Crippen LogP contribution in [-0.4, -0.2) is 44.8 Å². The van der Waals surface area contributed by atoms with Crippen molar-refractivity contribution in [1.29, 1.82) is 0 Å². The third kappa shape index (κ3) is 4.81. The standard InChI is InChI=1S/C13H28N2O/c1-11(2)13(7-14)9-15(3)8-12-5-4-6-16-10-12/h11-13H,4-10,14H2,1-3H3. The lowest BCUT2D eigenvalue weighted by Crippen LogP contribution is -2.37. The Bertz CT molecular complexity index is 179. The van der Waals surface area contributed by atoms with E-state index in [0.29, 0.717) is 11.8 Å². The molecule has 96 valence electrons. The number of hydrogen-bond acceptors (Lipinski definition) is 3. The highest BCUT2D eigenvalue weighted by atomic mass is 16.5. The van der Waals surface area contributed by atoms with E-state index in [1.807, 2.05) is 0 Å². The first-order chi connectivity index (χ1) is 7.63. The Labute approximate surface area is 100 Å². The summed E-state index contributed by atoms with van der Waals surface area (Å²) in [6.45, 7) is 9.48. The van der Waals surface area contributed by atoms with E-state index in [1.54, 1.807) is 0 Å². The Hall–Kier alpha value is -0.120. The smallest absolute Gasteiger partial charge is 0.0506 e. The van der Waals surface area contributed by atoms with Crippen molar-refractivity contribution in [3.8, 4) is 0 Å². The summed E-state index contributed by atoms with van der Waals surface area (Å²) in [7, 11) is 2.21. The third-order valence-corrected chi connectivity index (χ3v) is 3.62. The van der Waals surface area contributed by atoms with Crippen molar-refractivity contribution in [3.05, 3.63) is 0 Å². The van der Waals surface area contributed by atoms with Crippen LogP contribution < -0.4 is 5.73 Å². The zero-order valence-electron chi connectivity index (χ0n) is 11.1. The van der Waals surface area contributed by atoms with Gasteiger partial charge in [-0.1, -0.05) is 13.8 Å². The number of nitrogens with zero attached hydrogens (tertiary/aromatic N) is 1. The quantitative estimate of drug-likeness (QED) is 0.750. The normalized spacial score (nSPS) is 24.0. The molecule has 1 rings (SSSR count). The Kier molecular flexibility index (Phi) is 6.32. The summed E-state index contributed by atoms with van der Waals surface area (Å²) < 4.78 is 5.51. The van der Waals surface area contributed by atoms with Crippen LogP contribution in [0.5, 0.6) is 0 Å². The van der Waals surface area contributed by atoms with Gasteiger partial charge in [0.2, 0.25) is 0 Å². The highest BCUT2D eigenvalue weighted by Crippen LogP contribution is 2.16. The first-order valence-electron chi connectivity index (χ1n) is 6.59.